The van der Waals surface area contributed by atoms with Crippen molar-refractivity contribution in [3.8, 4) is 0 Å². The van der Waals surface area contributed by atoms with Gasteiger partial charge < -0.3 is 9.84 Å². The predicted octanol–water partition coefficient (Wildman–Crippen LogP) is 0.422. The van der Waals surface area contributed by atoms with Gasteiger partial charge in [-0.15, -0.1) is 0 Å². The Kier molecular flexibility index (Phi) is 1.58. The number of ether oxygens (including phenoxy) is 1. The van der Waals surface area contributed by atoms with E-state index >= 15 is 0 Å². The van der Waals surface area contributed by atoms with E-state index in [4.69, 9.17) is 4.74 Å². The smallest absolute Gasteiger partial charge is 0.188 e. The van der Waals surface area contributed by atoms with Crippen LogP contribution in [-0.4, -0.2) is 28.6 Å². The van der Waals surface area contributed by atoms with Crippen LogP contribution in [-0.2, 0) is 14.3 Å². The van der Waals surface area contributed by atoms with Gasteiger partial charge in [0.15, 0.2) is 5.79 Å². The van der Waals surface area contributed by atoms with Crippen molar-refractivity contribution in [2.24, 2.45) is 11.3 Å². The summed E-state index contributed by atoms with van der Waals surface area (Å²) in [6.45, 7) is 1.73. The maximum absolute atomic E-state index is 11.9. The van der Waals surface area contributed by atoms with Gasteiger partial charge in [0, 0.05) is 12.8 Å². The van der Waals surface area contributed by atoms with E-state index in [1.807, 2.05) is 0 Å². The van der Waals surface area contributed by atoms with Crippen LogP contribution in [0.5, 0.6) is 0 Å². The normalized spacial score (nSPS) is 53.5. The van der Waals surface area contributed by atoms with Gasteiger partial charge in [0.05, 0.1) is 17.4 Å². The van der Waals surface area contributed by atoms with Crippen LogP contribution in [0.2, 0.25) is 0 Å². The number of Topliss-reactive ketones (excluding diaryl/α,β-unsaturated/α-hetero) is 2. The van der Waals surface area contributed by atoms with Gasteiger partial charge in [-0.1, -0.05) is 0 Å². The lowest BCUT2D eigenvalue weighted by molar-refractivity contribution is -0.321. The van der Waals surface area contributed by atoms with Gasteiger partial charge in [-0.05, 0) is 19.8 Å². The molecule has 3 rings (SSSR count). The molecule has 0 unspecified atom stereocenters. The summed E-state index contributed by atoms with van der Waals surface area (Å²) in [5.74, 6) is -2.16. The highest BCUT2D eigenvalue weighted by molar-refractivity contribution is 5.97. The highest BCUT2D eigenvalue weighted by Gasteiger charge is 2.69. The second-order valence-corrected chi connectivity index (χ2v) is 5.16. The first-order valence-electron chi connectivity index (χ1n) is 5.43. The fourth-order valence-corrected chi connectivity index (χ4v) is 3.27. The molecule has 4 nitrogen and oxygen atoms in total. The molecule has 4 atom stereocenters. The van der Waals surface area contributed by atoms with E-state index in [2.05, 4.69) is 0 Å². The van der Waals surface area contributed by atoms with Crippen LogP contribution in [0.15, 0.2) is 0 Å². The lowest BCUT2D eigenvalue weighted by atomic mass is 9.70. The molecule has 0 spiro atoms. The average Bonchev–Trinajstić information content (AvgIpc) is 2.39. The zero-order valence-corrected chi connectivity index (χ0v) is 8.66. The summed E-state index contributed by atoms with van der Waals surface area (Å²) in [4.78, 5) is 23.6. The van der Waals surface area contributed by atoms with Gasteiger partial charge in [-0.2, -0.15) is 0 Å². The van der Waals surface area contributed by atoms with Gasteiger partial charge in [0.25, 0.3) is 0 Å². The Bertz CT molecular complexity index is 364. The molecule has 0 amide bonds. The van der Waals surface area contributed by atoms with E-state index < -0.39 is 17.1 Å². The molecular weight excluding hydrogens is 196 g/mol. The first-order valence-corrected chi connectivity index (χ1v) is 5.43. The summed E-state index contributed by atoms with van der Waals surface area (Å²) in [5.41, 5.74) is -0.857. The number of fused-ring (bicyclic) bond motifs is 1. The minimum absolute atomic E-state index is 0.00877. The van der Waals surface area contributed by atoms with E-state index in [9.17, 15) is 14.7 Å². The zero-order valence-electron chi connectivity index (χ0n) is 8.66. The SMILES string of the molecule is C[C@@]12CC[C@H]3CC(=O)[C@@H](CC1=O)[C@@]2(O)O3. The molecule has 2 heterocycles. The molecule has 1 aliphatic carbocycles. The summed E-state index contributed by atoms with van der Waals surface area (Å²) in [7, 11) is 0. The fraction of sp³-hybridized carbons (Fsp3) is 0.818. The third-order valence-corrected chi connectivity index (χ3v) is 4.40. The second kappa shape index (κ2) is 2.50. The third kappa shape index (κ3) is 0.898. The minimum atomic E-state index is -1.51. The molecule has 1 N–H and O–H groups in total. The van der Waals surface area contributed by atoms with Crippen LogP contribution in [0.25, 0.3) is 0 Å². The van der Waals surface area contributed by atoms with E-state index in [-0.39, 0.29) is 24.1 Å². The van der Waals surface area contributed by atoms with Crippen LogP contribution >= 0.6 is 0 Å². The highest BCUT2D eigenvalue weighted by Crippen LogP contribution is 2.57. The standard InChI is InChI=1S/C11H14O4/c1-10-3-2-6-4-8(12)7(5-9(10)13)11(10,14)15-6/h6-7,14H,2-5H2,1H3/t6-,7+,10+,11+/m0/s1. The van der Waals surface area contributed by atoms with E-state index in [1.54, 1.807) is 6.92 Å². The van der Waals surface area contributed by atoms with Crippen molar-refractivity contribution in [1.29, 1.82) is 0 Å². The summed E-state index contributed by atoms with van der Waals surface area (Å²) in [5, 5.41) is 10.4. The van der Waals surface area contributed by atoms with E-state index in [1.165, 1.54) is 0 Å². The minimum Gasteiger partial charge on any atom is -0.364 e. The molecule has 82 valence electrons. The van der Waals surface area contributed by atoms with Crippen molar-refractivity contribution in [2.45, 2.75) is 44.5 Å². The van der Waals surface area contributed by atoms with Crippen LogP contribution in [0.1, 0.15) is 32.6 Å². The number of hydrogen-bond acceptors (Lipinski definition) is 4. The molecule has 2 saturated heterocycles. The quantitative estimate of drug-likeness (QED) is 0.629. The van der Waals surface area contributed by atoms with Crippen molar-refractivity contribution < 1.29 is 19.4 Å². The predicted molar refractivity (Wildman–Crippen MR) is 49.9 cm³/mol. The topological polar surface area (TPSA) is 63.6 Å². The van der Waals surface area contributed by atoms with Gasteiger partial charge in [-0.25, -0.2) is 0 Å². The van der Waals surface area contributed by atoms with Crippen LogP contribution in [0, 0.1) is 11.3 Å². The van der Waals surface area contributed by atoms with Crippen molar-refractivity contribution in [3.63, 3.8) is 0 Å². The lowest BCUT2D eigenvalue weighted by Crippen LogP contribution is -2.61. The Morgan fingerprint density at radius 2 is 2.13 bits per heavy atom. The number of rotatable bonds is 0. The summed E-state index contributed by atoms with van der Waals surface area (Å²) in [6, 6.07) is 0. The van der Waals surface area contributed by atoms with Crippen molar-refractivity contribution >= 4 is 11.6 Å². The molecule has 0 aromatic rings. The molecule has 0 aromatic carbocycles. The zero-order chi connectivity index (χ0) is 10.8. The lowest BCUT2D eigenvalue weighted by Gasteiger charge is -2.50. The first kappa shape index (κ1) is 9.48. The van der Waals surface area contributed by atoms with Gasteiger partial charge in [0.2, 0.25) is 0 Å². The molecule has 0 radical (unpaired) electrons. The number of carbonyl (C=O) groups is 2. The van der Waals surface area contributed by atoms with E-state index in [0.717, 1.165) is 0 Å². The number of aliphatic hydroxyl groups is 1. The Balaban J connectivity index is 2.14. The van der Waals surface area contributed by atoms with Gasteiger partial charge in [-0.3, -0.25) is 9.59 Å². The first-order chi connectivity index (χ1) is 6.97. The molecule has 1 saturated carbocycles. The molecule has 4 heteroatoms. The van der Waals surface area contributed by atoms with Crippen molar-refractivity contribution in [3.05, 3.63) is 0 Å². The molecule has 15 heavy (non-hydrogen) atoms. The maximum Gasteiger partial charge on any atom is 0.188 e. The Morgan fingerprint density at radius 3 is 2.87 bits per heavy atom. The van der Waals surface area contributed by atoms with Crippen molar-refractivity contribution in [1.82, 2.24) is 0 Å². The molecule has 0 aromatic heterocycles. The Labute approximate surface area is 87.6 Å². The maximum atomic E-state index is 11.9. The average molecular weight is 210 g/mol. The largest absolute Gasteiger partial charge is 0.364 e. The highest BCUT2D eigenvalue weighted by atomic mass is 16.6. The van der Waals surface area contributed by atoms with E-state index in [0.29, 0.717) is 19.3 Å². The summed E-state index contributed by atoms with van der Waals surface area (Å²) < 4.78 is 5.55. The Hall–Kier alpha value is -0.740. The summed E-state index contributed by atoms with van der Waals surface area (Å²) >= 11 is 0. The molecule has 2 aliphatic heterocycles. The number of hydrogen-bond donors (Lipinski definition) is 1. The fourth-order valence-electron chi connectivity index (χ4n) is 3.27. The van der Waals surface area contributed by atoms with Crippen LogP contribution in [0.3, 0.4) is 0 Å². The number of ketones is 2. The molecule has 2 bridgehead atoms. The molecule has 3 aliphatic rings. The van der Waals surface area contributed by atoms with Crippen molar-refractivity contribution in [2.75, 3.05) is 0 Å². The molecule has 3 fully saturated rings. The van der Waals surface area contributed by atoms with Gasteiger partial charge >= 0.3 is 0 Å². The monoisotopic (exact) mass is 210 g/mol. The van der Waals surface area contributed by atoms with Gasteiger partial charge in [0.1, 0.15) is 11.6 Å². The second-order valence-electron chi connectivity index (χ2n) is 5.16. The third-order valence-electron chi connectivity index (χ3n) is 4.40. The van der Waals surface area contributed by atoms with Crippen LogP contribution < -0.4 is 0 Å². The van der Waals surface area contributed by atoms with Crippen LogP contribution in [0.4, 0.5) is 0 Å². The molecular formula is C11H14O4. The number of carbonyl (C=O) groups excluding carboxylic acids is 2. The summed E-state index contributed by atoms with van der Waals surface area (Å²) in [6.07, 6.45) is 1.66. The Morgan fingerprint density at radius 1 is 1.40 bits per heavy atom.